The fourth-order valence-electron chi connectivity index (χ4n) is 3.80. The second kappa shape index (κ2) is 9.96. The van der Waals surface area contributed by atoms with E-state index >= 15 is 0 Å². The van der Waals surface area contributed by atoms with E-state index < -0.39 is 28.9 Å². The second-order valence-corrected chi connectivity index (χ2v) is 11.2. The maximum absolute atomic E-state index is 13.1. The van der Waals surface area contributed by atoms with Crippen molar-refractivity contribution in [2.75, 3.05) is 32.1 Å². The van der Waals surface area contributed by atoms with Crippen molar-refractivity contribution in [1.29, 1.82) is 0 Å². The van der Waals surface area contributed by atoms with Crippen molar-refractivity contribution in [3.63, 3.8) is 0 Å². The molecular weight excluding hydrogens is 480 g/mol. The van der Waals surface area contributed by atoms with Crippen LogP contribution in [0, 0.1) is 0 Å². The van der Waals surface area contributed by atoms with E-state index in [1.807, 2.05) is 17.5 Å². The summed E-state index contributed by atoms with van der Waals surface area (Å²) in [4.78, 5) is 55.2. The summed E-state index contributed by atoms with van der Waals surface area (Å²) in [7, 11) is 0. The van der Waals surface area contributed by atoms with Crippen molar-refractivity contribution in [3.8, 4) is 0 Å². The molecule has 0 spiro atoms. The fourth-order valence-corrected chi connectivity index (χ4v) is 5.79. The molecule has 10 nitrogen and oxygen atoms in total. The van der Waals surface area contributed by atoms with Crippen molar-refractivity contribution in [3.05, 3.63) is 33.8 Å². The van der Waals surface area contributed by atoms with E-state index in [1.54, 1.807) is 25.7 Å². The summed E-state index contributed by atoms with van der Waals surface area (Å²) < 4.78 is 10.8. The Hall–Kier alpha value is -2.57. The highest BCUT2D eigenvalue weighted by Crippen LogP contribution is 2.40. The first-order chi connectivity index (χ1) is 16.1. The molecule has 2 N–H and O–H groups in total. The van der Waals surface area contributed by atoms with Crippen molar-refractivity contribution in [2.24, 2.45) is 0 Å². The zero-order chi connectivity index (χ0) is 24.5. The first-order valence-corrected chi connectivity index (χ1v) is 12.9. The van der Waals surface area contributed by atoms with Crippen LogP contribution in [0.15, 0.2) is 28.9 Å². The number of nitrogens with one attached hydrogen (secondary N) is 2. The number of fused-ring (bicyclic) bond motifs is 1. The van der Waals surface area contributed by atoms with Crippen LogP contribution in [0.25, 0.3) is 0 Å². The number of amides is 4. The molecule has 4 heterocycles. The molecule has 1 aromatic rings. The Labute approximate surface area is 206 Å². The first kappa shape index (κ1) is 24.6. The first-order valence-electron chi connectivity index (χ1n) is 11.0. The number of carbonyl (C=O) groups is 4. The Morgan fingerprint density at radius 1 is 1.24 bits per heavy atom. The normalized spacial score (nSPS) is 22.6. The van der Waals surface area contributed by atoms with Gasteiger partial charge in [-0.25, -0.2) is 9.59 Å². The molecule has 12 heteroatoms. The third-order valence-corrected chi connectivity index (χ3v) is 7.50. The number of hydrogen-bond donors (Lipinski definition) is 2. The molecular formula is C22H28N4O6S2. The quantitative estimate of drug-likeness (QED) is 0.455. The molecule has 4 rings (SSSR count). The molecule has 3 aliphatic rings. The van der Waals surface area contributed by atoms with Gasteiger partial charge in [0.25, 0.3) is 5.91 Å². The van der Waals surface area contributed by atoms with Gasteiger partial charge in [-0.3, -0.25) is 14.5 Å². The summed E-state index contributed by atoms with van der Waals surface area (Å²) in [5.74, 6) is -1.06. The van der Waals surface area contributed by atoms with E-state index in [0.29, 0.717) is 32.0 Å². The van der Waals surface area contributed by atoms with Gasteiger partial charge in [-0.15, -0.1) is 23.1 Å². The van der Waals surface area contributed by atoms with E-state index in [1.165, 1.54) is 28.0 Å². The number of morpholine rings is 1. The number of nitrogens with zero attached hydrogens (tertiary/aromatic N) is 2. The van der Waals surface area contributed by atoms with Crippen LogP contribution in [0.1, 0.15) is 25.6 Å². The van der Waals surface area contributed by atoms with E-state index in [2.05, 4.69) is 10.6 Å². The minimum Gasteiger partial charge on any atom is -0.455 e. The molecule has 1 aromatic heterocycles. The number of ether oxygens (including phenoxy) is 2. The topological polar surface area (TPSA) is 117 Å². The molecule has 0 aliphatic carbocycles. The number of thiophene rings is 1. The zero-order valence-corrected chi connectivity index (χ0v) is 20.9. The predicted octanol–water partition coefficient (Wildman–Crippen LogP) is 1.29. The second-order valence-electron chi connectivity index (χ2n) is 9.07. The monoisotopic (exact) mass is 508 g/mol. The van der Waals surface area contributed by atoms with Gasteiger partial charge in [-0.05, 0) is 32.2 Å². The molecule has 2 saturated heterocycles. The zero-order valence-electron chi connectivity index (χ0n) is 19.3. The standard InChI is InChI=1S/C22H28N4O6S2/c1-22(2,3)32-20(29)17-14(23-21(30)25-6-8-31-9-7-25)12-34-19-16(18(28)26(17)19)24-15(27)11-13-5-4-10-33-13/h4-5,10,16,19H,6-9,11-12H2,1-3H3,(H,23,30)(H,24,27)/t16?,19-/m1/s1. The maximum atomic E-state index is 13.1. The van der Waals surface area contributed by atoms with Gasteiger partial charge >= 0.3 is 12.0 Å². The lowest BCUT2D eigenvalue weighted by molar-refractivity contribution is -0.159. The van der Waals surface area contributed by atoms with Gasteiger partial charge in [0, 0.05) is 23.7 Å². The molecule has 184 valence electrons. The number of β-lactam (4-membered cyclic amide) rings is 1. The lowest BCUT2D eigenvalue weighted by Crippen LogP contribution is -2.71. The van der Waals surface area contributed by atoms with Crippen LogP contribution in [0.5, 0.6) is 0 Å². The number of esters is 1. The fraction of sp³-hybridized carbons (Fsp3) is 0.545. The van der Waals surface area contributed by atoms with Crippen LogP contribution in [-0.2, 0) is 30.3 Å². The van der Waals surface area contributed by atoms with Gasteiger partial charge in [-0.1, -0.05) is 6.07 Å². The van der Waals surface area contributed by atoms with Crippen molar-refractivity contribution < 1.29 is 28.7 Å². The number of rotatable bonds is 5. The molecule has 1 unspecified atom stereocenters. The van der Waals surface area contributed by atoms with Crippen LogP contribution in [0.4, 0.5) is 4.79 Å². The summed E-state index contributed by atoms with van der Waals surface area (Å²) >= 11 is 2.85. The molecule has 34 heavy (non-hydrogen) atoms. The van der Waals surface area contributed by atoms with Crippen molar-refractivity contribution >= 4 is 46.9 Å². The molecule has 4 amide bonds. The van der Waals surface area contributed by atoms with E-state index in [0.717, 1.165) is 4.88 Å². The number of urea groups is 1. The van der Waals surface area contributed by atoms with Crippen LogP contribution < -0.4 is 10.6 Å². The molecule has 0 radical (unpaired) electrons. The summed E-state index contributed by atoms with van der Waals surface area (Å²) in [5.41, 5.74) is -0.441. The lowest BCUT2D eigenvalue weighted by atomic mass is 10.0. The third kappa shape index (κ3) is 5.39. The van der Waals surface area contributed by atoms with Gasteiger partial charge in [0.2, 0.25) is 5.91 Å². The van der Waals surface area contributed by atoms with Crippen LogP contribution in [0.3, 0.4) is 0 Å². The van der Waals surface area contributed by atoms with Gasteiger partial charge in [0.1, 0.15) is 17.0 Å². The smallest absolute Gasteiger partial charge is 0.357 e. The maximum Gasteiger partial charge on any atom is 0.357 e. The molecule has 3 aliphatic heterocycles. The van der Waals surface area contributed by atoms with Gasteiger partial charge < -0.3 is 25.0 Å². The molecule has 0 bridgehead atoms. The Bertz CT molecular complexity index is 998. The minimum absolute atomic E-state index is 0.0223. The number of thioether (sulfide) groups is 1. The van der Waals surface area contributed by atoms with E-state index in [9.17, 15) is 19.2 Å². The minimum atomic E-state index is -0.786. The summed E-state index contributed by atoms with van der Waals surface area (Å²) in [6, 6.07) is 2.63. The average Bonchev–Trinajstić information content (AvgIpc) is 3.29. The summed E-state index contributed by atoms with van der Waals surface area (Å²) in [5, 5.41) is 7.03. The lowest BCUT2D eigenvalue weighted by Gasteiger charge is -2.49. The summed E-state index contributed by atoms with van der Waals surface area (Å²) in [6.07, 6.45) is 0.189. The van der Waals surface area contributed by atoms with E-state index in [-0.39, 0.29) is 29.8 Å². The Morgan fingerprint density at radius 3 is 2.62 bits per heavy atom. The van der Waals surface area contributed by atoms with Crippen LogP contribution >= 0.6 is 23.1 Å². The Morgan fingerprint density at radius 2 is 1.97 bits per heavy atom. The molecule has 2 atom stereocenters. The summed E-state index contributed by atoms with van der Waals surface area (Å²) in [6.45, 7) is 6.97. The number of carbonyl (C=O) groups excluding carboxylic acids is 4. The number of hydrogen-bond acceptors (Lipinski definition) is 8. The average molecular weight is 509 g/mol. The Kier molecular flexibility index (Phi) is 7.20. The third-order valence-electron chi connectivity index (χ3n) is 5.35. The van der Waals surface area contributed by atoms with Gasteiger partial charge in [-0.2, -0.15) is 0 Å². The molecule has 0 aromatic carbocycles. The van der Waals surface area contributed by atoms with Crippen LogP contribution in [-0.4, -0.2) is 82.7 Å². The van der Waals surface area contributed by atoms with Gasteiger partial charge in [0.05, 0.1) is 25.3 Å². The van der Waals surface area contributed by atoms with Crippen molar-refractivity contribution in [2.45, 2.75) is 44.2 Å². The Balaban J connectivity index is 1.51. The van der Waals surface area contributed by atoms with Crippen LogP contribution in [0.2, 0.25) is 0 Å². The van der Waals surface area contributed by atoms with Crippen molar-refractivity contribution in [1.82, 2.24) is 20.4 Å². The highest BCUT2D eigenvalue weighted by molar-refractivity contribution is 8.00. The molecule has 0 saturated carbocycles. The van der Waals surface area contributed by atoms with E-state index in [4.69, 9.17) is 9.47 Å². The highest BCUT2D eigenvalue weighted by atomic mass is 32.2. The highest BCUT2D eigenvalue weighted by Gasteiger charge is 2.55. The van der Waals surface area contributed by atoms with Gasteiger partial charge in [0.15, 0.2) is 5.70 Å². The SMILES string of the molecule is CC(C)(C)OC(=O)C1=C(NC(=O)N2CCOCC2)CS[C@@H]2C(NC(=O)Cc3cccs3)C(=O)N12. The molecule has 2 fully saturated rings. The predicted molar refractivity (Wildman–Crippen MR) is 127 cm³/mol. The largest absolute Gasteiger partial charge is 0.455 e.